The minimum Gasteiger partial charge on any atom is -0.327 e. The van der Waals surface area contributed by atoms with Gasteiger partial charge in [0.1, 0.15) is 17.9 Å². The van der Waals surface area contributed by atoms with Crippen LogP contribution in [0, 0.1) is 0 Å². The SMILES string of the molecule is CCCn1ncnc1CS(=O)(=O)CC(C)N. The molecule has 0 aliphatic heterocycles. The van der Waals surface area contributed by atoms with Crippen molar-refractivity contribution in [3.05, 3.63) is 12.2 Å². The smallest absolute Gasteiger partial charge is 0.159 e. The molecule has 0 fully saturated rings. The molecule has 0 saturated heterocycles. The summed E-state index contributed by atoms with van der Waals surface area (Å²) in [6, 6.07) is -0.354. The van der Waals surface area contributed by atoms with Crippen molar-refractivity contribution in [2.75, 3.05) is 5.75 Å². The van der Waals surface area contributed by atoms with Gasteiger partial charge in [-0.3, -0.25) is 0 Å². The molecule has 1 atom stereocenters. The van der Waals surface area contributed by atoms with Gasteiger partial charge in [0.15, 0.2) is 9.84 Å². The van der Waals surface area contributed by atoms with E-state index in [1.54, 1.807) is 11.6 Å². The summed E-state index contributed by atoms with van der Waals surface area (Å²) < 4.78 is 25.0. The summed E-state index contributed by atoms with van der Waals surface area (Å²) in [7, 11) is -3.19. The van der Waals surface area contributed by atoms with Crippen molar-refractivity contribution in [1.82, 2.24) is 14.8 Å². The molecule has 1 aromatic rings. The number of hydrogen-bond acceptors (Lipinski definition) is 5. The first-order valence-corrected chi connectivity index (χ1v) is 7.09. The number of nitrogens with zero attached hydrogens (tertiary/aromatic N) is 3. The van der Waals surface area contributed by atoms with Crippen LogP contribution < -0.4 is 5.73 Å². The van der Waals surface area contributed by atoms with Crippen LogP contribution in [0.5, 0.6) is 0 Å². The molecule has 0 radical (unpaired) electrons. The van der Waals surface area contributed by atoms with Crippen LogP contribution in [0.15, 0.2) is 6.33 Å². The Morgan fingerprint density at radius 1 is 1.56 bits per heavy atom. The molecule has 1 unspecified atom stereocenters. The van der Waals surface area contributed by atoms with Gasteiger partial charge in [-0.15, -0.1) is 0 Å². The van der Waals surface area contributed by atoms with Crippen molar-refractivity contribution in [3.8, 4) is 0 Å². The molecule has 1 aromatic heterocycles. The van der Waals surface area contributed by atoms with Gasteiger partial charge in [-0.2, -0.15) is 5.10 Å². The van der Waals surface area contributed by atoms with Gasteiger partial charge in [0.05, 0.1) is 5.75 Å². The molecule has 6 nitrogen and oxygen atoms in total. The van der Waals surface area contributed by atoms with Crippen LogP contribution in [0.3, 0.4) is 0 Å². The summed E-state index contributed by atoms with van der Waals surface area (Å²) in [4.78, 5) is 3.96. The van der Waals surface area contributed by atoms with E-state index in [1.165, 1.54) is 6.33 Å². The van der Waals surface area contributed by atoms with E-state index in [0.717, 1.165) is 6.42 Å². The van der Waals surface area contributed by atoms with E-state index >= 15 is 0 Å². The third-order valence-corrected chi connectivity index (χ3v) is 3.73. The number of nitrogens with two attached hydrogens (primary N) is 1. The summed E-state index contributed by atoms with van der Waals surface area (Å²) in [5.74, 6) is 0.378. The standard InChI is InChI=1S/C9H18N4O2S/c1-3-4-13-9(11-7-12-13)6-16(14,15)5-8(2)10/h7-8H,3-6,10H2,1-2H3. The molecule has 0 bridgehead atoms. The van der Waals surface area contributed by atoms with Crippen LogP contribution in [-0.2, 0) is 22.1 Å². The predicted octanol–water partition coefficient (Wildman–Crippen LogP) is -0.0499. The summed E-state index contributed by atoms with van der Waals surface area (Å²) >= 11 is 0. The largest absolute Gasteiger partial charge is 0.327 e. The topological polar surface area (TPSA) is 90.9 Å². The molecule has 2 N–H and O–H groups in total. The van der Waals surface area contributed by atoms with Gasteiger partial charge in [-0.25, -0.2) is 18.1 Å². The van der Waals surface area contributed by atoms with Crippen molar-refractivity contribution in [2.45, 2.75) is 38.6 Å². The first kappa shape index (κ1) is 13.1. The zero-order chi connectivity index (χ0) is 12.2. The van der Waals surface area contributed by atoms with Crippen LogP contribution >= 0.6 is 0 Å². The number of aryl methyl sites for hydroxylation is 1. The van der Waals surface area contributed by atoms with Gasteiger partial charge < -0.3 is 5.73 Å². The fourth-order valence-corrected chi connectivity index (χ4v) is 2.99. The van der Waals surface area contributed by atoms with Crippen LogP contribution in [0.4, 0.5) is 0 Å². The highest BCUT2D eigenvalue weighted by Gasteiger charge is 2.17. The van der Waals surface area contributed by atoms with Crippen molar-refractivity contribution in [2.24, 2.45) is 5.73 Å². The van der Waals surface area contributed by atoms with Gasteiger partial charge in [0.25, 0.3) is 0 Å². The Hall–Kier alpha value is -0.950. The van der Waals surface area contributed by atoms with Crippen LogP contribution in [-0.4, -0.2) is 35.0 Å². The molecule has 0 spiro atoms. The number of hydrogen-bond donors (Lipinski definition) is 1. The highest BCUT2D eigenvalue weighted by molar-refractivity contribution is 7.90. The normalized spacial score (nSPS) is 13.9. The molecule has 0 amide bonds. The van der Waals surface area contributed by atoms with E-state index in [0.29, 0.717) is 12.4 Å². The van der Waals surface area contributed by atoms with Crippen molar-refractivity contribution in [3.63, 3.8) is 0 Å². The summed E-state index contributed by atoms with van der Waals surface area (Å²) in [6.07, 6.45) is 2.27. The highest BCUT2D eigenvalue weighted by atomic mass is 32.2. The van der Waals surface area contributed by atoms with E-state index in [4.69, 9.17) is 5.73 Å². The number of rotatable bonds is 6. The zero-order valence-corrected chi connectivity index (χ0v) is 10.4. The minimum atomic E-state index is -3.19. The maximum absolute atomic E-state index is 11.7. The fraction of sp³-hybridized carbons (Fsp3) is 0.778. The third kappa shape index (κ3) is 3.90. The molecule has 1 heterocycles. The van der Waals surface area contributed by atoms with Crippen molar-refractivity contribution in [1.29, 1.82) is 0 Å². The Balaban J connectivity index is 2.76. The molecular formula is C9H18N4O2S. The van der Waals surface area contributed by atoms with Gasteiger partial charge in [-0.05, 0) is 13.3 Å². The second kappa shape index (κ2) is 5.40. The summed E-state index contributed by atoms with van der Waals surface area (Å²) in [5.41, 5.74) is 5.48. The van der Waals surface area contributed by atoms with Gasteiger partial charge in [-0.1, -0.05) is 6.92 Å². The maximum atomic E-state index is 11.7. The lowest BCUT2D eigenvalue weighted by molar-refractivity contribution is 0.564. The monoisotopic (exact) mass is 246 g/mol. The predicted molar refractivity (Wildman–Crippen MR) is 61.5 cm³/mol. The molecule has 0 aliphatic carbocycles. The summed E-state index contributed by atoms with van der Waals surface area (Å²) in [6.45, 7) is 4.36. The second-order valence-corrected chi connectivity index (χ2v) is 6.04. The van der Waals surface area contributed by atoms with E-state index in [1.807, 2.05) is 6.92 Å². The van der Waals surface area contributed by atoms with Crippen molar-refractivity contribution >= 4 is 9.84 Å². The molecule has 1 rings (SSSR count). The lowest BCUT2D eigenvalue weighted by atomic mass is 10.4. The first-order valence-electron chi connectivity index (χ1n) is 5.27. The molecule has 0 saturated carbocycles. The lowest BCUT2D eigenvalue weighted by Gasteiger charge is -2.07. The van der Waals surface area contributed by atoms with Crippen molar-refractivity contribution < 1.29 is 8.42 Å². The Morgan fingerprint density at radius 2 is 2.25 bits per heavy atom. The quantitative estimate of drug-likeness (QED) is 0.760. The first-order chi connectivity index (χ1) is 7.44. The maximum Gasteiger partial charge on any atom is 0.159 e. The number of aromatic nitrogens is 3. The highest BCUT2D eigenvalue weighted by Crippen LogP contribution is 2.05. The molecule has 0 aromatic carbocycles. The Morgan fingerprint density at radius 3 is 2.81 bits per heavy atom. The second-order valence-electron chi connectivity index (χ2n) is 3.93. The zero-order valence-electron chi connectivity index (χ0n) is 9.63. The minimum absolute atomic E-state index is 0.0218. The molecule has 0 aliphatic rings. The average Bonchev–Trinajstić information content (AvgIpc) is 2.50. The summed E-state index contributed by atoms with van der Waals surface area (Å²) in [5, 5.41) is 3.98. The van der Waals surface area contributed by atoms with Gasteiger partial charge in [0, 0.05) is 12.6 Å². The van der Waals surface area contributed by atoms with Crippen LogP contribution in [0.1, 0.15) is 26.1 Å². The third-order valence-electron chi connectivity index (χ3n) is 2.00. The van der Waals surface area contributed by atoms with E-state index in [-0.39, 0.29) is 17.5 Å². The molecule has 16 heavy (non-hydrogen) atoms. The number of sulfone groups is 1. The van der Waals surface area contributed by atoms with Crippen LogP contribution in [0.2, 0.25) is 0 Å². The molecule has 92 valence electrons. The van der Waals surface area contributed by atoms with E-state index in [9.17, 15) is 8.42 Å². The Kier molecular flexibility index (Phi) is 4.43. The van der Waals surface area contributed by atoms with E-state index in [2.05, 4.69) is 10.1 Å². The van der Waals surface area contributed by atoms with Crippen LogP contribution in [0.25, 0.3) is 0 Å². The van der Waals surface area contributed by atoms with E-state index < -0.39 is 9.84 Å². The van der Waals surface area contributed by atoms with Gasteiger partial charge >= 0.3 is 0 Å². The Bertz CT molecular complexity index is 424. The molecule has 7 heteroatoms. The lowest BCUT2D eigenvalue weighted by Crippen LogP contribution is -2.27. The van der Waals surface area contributed by atoms with Gasteiger partial charge in [0.2, 0.25) is 0 Å². The fourth-order valence-electron chi connectivity index (χ4n) is 1.45. The Labute approximate surface area is 95.8 Å². The average molecular weight is 246 g/mol. The molecular weight excluding hydrogens is 228 g/mol.